The SMILES string of the molecule is COC(=O)CCN(CCO)C(=O)C(C)C. The quantitative estimate of drug-likeness (QED) is 0.637. The Hall–Kier alpha value is -1.10. The highest BCUT2D eigenvalue weighted by molar-refractivity contribution is 5.79. The minimum Gasteiger partial charge on any atom is -0.469 e. The highest BCUT2D eigenvalue weighted by atomic mass is 16.5. The van der Waals surface area contributed by atoms with Gasteiger partial charge in [0.1, 0.15) is 0 Å². The highest BCUT2D eigenvalue weighted by Crippen LogP contribution is 2.02. The van der Waals surface area contributed by atoms with Gasteiger partial charge in [-0.2, -0.15) is 0 Å². The number of aliphatic hydroxyl groups excluding tert-OH is 1. The van der Waals surface area contributed by atoms with E-state index in [1.165, 1.54) is 12.0 Å². The van der Waals surface area contributed by atoms with Gasteiger partial charge in [-0.1, -0.05) is 13.8 Å². The van der Waals surface area contributed by atoms with Crippen LogP contribution in [0.3, 0.4) is 0 Å². The van der Waals surface area contributed by atoms with E-state index in [2.05, 4.69) is 4.74 Å². The molecule has 0 spiro atoms. The van der Waals surface area contributed by atoms with Crippen molar-refractivity contribution in [3.63, 3.8) is 0 Å². The fraction of sp³-hybridized carbons (Fsp3) is 0.800. The van der Waals surface area contributed by atoms with Gasteiger partial charge in [0.05, 0.1) is 20.1 Å². The zero-order valence-corrected chi connectivity index (χ0v) is 9.52. The van der Waals surface area contributed by atoms with Gasteiger partial charge in [0.2, 0.25) is 5.91 Å². The summed E-state index contributed by atoms with van der Waals surface area (Å²) in [6.45, 7) is 4.02. The number of hydrogen-bond acceptors (Lipinski definition) is 4. The Bertz CT molecular complexity index is 215. The summed E-state index contributed by atoms with van der Waals surface area (Å²) in [5.41, 5.74) is 0. The molecule has 0 aliphatic rings. The summed E-state index contributed by atoms with van der Waals surface area (Å²) in [5.74, 6) is -0.545. The van der Waals surface area contributed by atoms with Gasteiger partial charge in [0.15, 0.2) is 0 Å². The lowest BCUT2D eigenvalue weighted by Gasteiger charge is -2.23. The third-order valence-electron chi connectivity index (χ3n) is 1.99. The lowest BCUT2D eigenvalue weighted by molar-refractivity contribution is -0.142. The van der Waals surface area contributed by atoms with E-state index in [1.807, 2.05) is 0 Å². The number of amides is 1. The minimum atomic E-state index is -0.352. The van der Waals surface area contributed by atoms with Crippen molar-refractivity contribution in [1.29, 1.82) is 0 Å². The molecule has 0 radical (unpaired) electrons. The molecule has 1 N–H and O–H groups in total. The molecule has 0 saturated heterocycles. The molecular formula is C10H19NO4. The van der Waals surface area contributed by atoms with Gasteiger partial charge in [0, 0.05) is 19.0 Å². The first-order chi connectivity index (χ1) is 7.02. The zero-order valence-electron chi connectivity index (χ0n) is 9.52. The Kier molecular flexibility index (Phi) is 6.70. The summed E-state index contributed by atoms with van der Waals surface area (Å²) in [5, 5.41) is 8.78. The molecule has 0 aromatic heterocycles. The highest BCUT2D eigenvalue weighted by Gasteiger charge is 2.17. The first-order valence-corrected chi connectivity index (χ1v) is 4.99. The van der Waals surface area contributed by atoms with E-state index in [-0.39, 0.29) is 37.4 Å². The molecule has 0 aromatic rings. The van der Waals surface area contributed by atoms with Crippen LogP contribution < -0.4 is 0 Å². The molecule has 15 heavy (non-hydrogen) atoms. The minimum absolute atomic E-state index is 0.0621. The second-order valence-electron chi connectivity index (χ2n) is 3.53. The molecule has 0 saturated carbocycles. The summed E-state index contributed by atoms with van der Waals surface area (Å²) in [4.78, 5) is 24.0. The van der Waals surface area contributed by atoms with E-state index >= 15 is 0 Å². The first-order valence-electron chi connectivity index (χ1n) is 4.99. The number of carbonyl (C=O) groups excluding carboxylic acids is 2. The number of esters is 1. The average Bonchev–Trinajstić information content (AvgIpc) is 2.22. The first kappa shape index (κ1) is 13.9. The van der Waals surface area contributed by atoms with Crippen LogP contribution in [0.25, 0.3) is 0 Å². The Balaban J connectivity index is 4.15. The molecule has 1 amide bonds. The van der Waals surface area contributed by atoms with Crippen LogP contribution in [0.2, 0.25) is 0 Å². The molecule has 0 fully saturated rings. The standard InChI is InChI=1S/C10H19NO4/c1-8(2)10(14)11(6-7-12)5-4-9(13)15-3/h8,12H,4-7H2,1-3H3. The van der Waals surface area contributed by atoms with Crippen molar-refractivity contribution in [2.45, 2.75) is 20.3 Å². The molecule has 0 aliphatic carbocycles. The van der Waals surface area contributed by atoms with Crippen molar-refractivity contribution >= 4 is 11.9 Å². The maximum Gasteiger partial charge on any atom is 0.307 e. The maximum absolute atomic E-state index is 11.6. The van der Waals surface area contributed by atoms with Gasteiger partial charge in [-0.05, 0) is 0 Å². The lowest BCUT2D eigenvalue weighted by Crippen LogP contribution is -2.38. The molecule has 0 unspecified atom stereocenters. The van der Waals surface area contributed by atoms with E-state index in [1.54, 1.807) is 13.8 Å². The molecule has 0 rings (SSSR count). The van der Waals surface area contributed by atoms with Crippen LogP contribution >= 0.6 is 0 Å². The number of ether oxygens (including phenoxy) is 1. The van der Waals surface area contributed by atoms with Gasteiger partial charge in [-0.3, -0.25) is 9.59 Å². The van der Waals surface area contributed by atoms with Crippen molar-refractivity contribution in [3.8, 4) is 0 Å². The summed E-state index contributed by atoms with van der Waals surface area (Å²) >= 11 is 0. The van der Waals surface area contributed by atoms with E-state index < -0.39 is 0 Å². The van der Waals surface area contributed by atoms with Crippen LogP contribution in [0.5, 0.6) is 0 Å². The molecule has 0 bridgehead atoms. The van der Waals surface area contributed by atoms with Crippen LogP contribution in [0, 0.1) is 5.92 Å². The Morgan fingerprint density at radius 2 is 1.93 bits per heavy atom. The van der Waals surface area contributed by atoms with E-state index in [0.717, 1.165) is 0 Å². The van der Waals surface area contributed by atoms with Gasteiger partial charge in [-0.25, -0.2) is 0 Å². The number of aliphatic hydroxyl groups is 1. The normalized spacial score (nSPS) is 10.2. The van der Waals surface area contributed by atoms with Gasteiger partial charge >= 0.3 is 5.97 Å². The van der Waals surface area contributed by atoms with E-state index in [0.29, 0.717) is 6.54 Å². The van der Waals surface area contributed by atoms with Crippen molar-refractivity contribution in [3.05, 3.63) is 0 Å². The average molecular weight is 217 g/mol. The smallest absolute Gasteiger partial charge is 0.307 e. The topological polar surface area (TPSA) is 66.8 Å². The van der Waals surface area contributed by atoms with Gasteiger partial charge < -0.3 is 14.7 Å². The van der Waals surface area contributed by atoms with Crippen LogP contribution in [-0.4, -0.2) is 48.7 Å². The Morgan fingerprint density at radius 3 is 2.33 bits per heavy atom. The summed E-state index contributed by atoms with van der Waals surface area (Å²) in [6.07, 6.45) is 0.162. The molecule has 0 aromatic carbocycles. The molecule has 5 nitrogen and oxygen atoms in total. The van der Waals surface area contributed by atoms with Crippen molar-refractivity contribution in [2.24, 2.45) is 5.92 Å². The predicted molar refractivity (Wildman–Crippen MR) is 55.1 cm³/mol. The third-order valence-corrected chi connectivity index (χ3v) is 1.99. The molecule has 5 heteroatoms. The van der Waals surface area contributed by atoms with Crippen molar-refractivity contribution in [2.75, 3.05) is 26.8 Å². The Labute approximate surface area is 90.0 Å². The third kappa shape index (κ3) is 5.37. The second kappa shape index (κ2) is 7.23. The zero-order chi connectivity index (χ0) is 11.8. The number of nitrogens with zero attached hydrogens (tertiary/aromatic N) is 1. The van der Waals surface area contributed by atoms with E-state index in [4.69, 9.17) is 5.11 Å². The Morgan fingerprint density at radius 1 is 1.33 bits per heavy atom. The molecule has 88 valence electrons. The summed E-state index contributed by atoms with van der Waals surface area (Å²) in [7, 11) is 1.31. The number of rotatable bonds is 6. The second-order valence-corrected chi connectivity index (χ2v) is 3.53. The van der Waals surface area contributed by atoms with Gasteiger partial charge in [0.25, 0.3) is 0 Å². The number of carbonyl (C=O) groups is 2. The molecule has 0 heterocycles. The lowest BCUT2D eigenvalue weighted by atomic mass is 10.2. The van der Waals surface area contributed by atoms with Crippen LogP contribution in [0.15, 0.2) is 0 Å². The van der Waals surface area contributed by atoms with E-state index in [9.17, 15) is 9.59 Å². The van der Waals surface area contributed by atoms with Crippen LogP contribution in [0.4, 0.5) is 0 Å². The van der Waals surface area contributed by atoms with Crippen molar-refractivity contribution in [1.82, 2.24) is 4.90 Å². The maximum atomic E-state index is 11.6. The molecule has 0 atom stereocenters. The monoisotopic (exact) mass is 217 g/mol. The van der Waals surface area contributed by atoms with Crippen LogP contribution in [-0.2, 0) is 14.3 Å². The van der Waals surface area contributed by atoms with Gasteiger partial charge in [-0.15, -0.1) is 0 Å². The number of hydrogen-bond donors (Lipinski definition) is 1. The van der Waals surface area contributed by atoms with Crippen molar-refractivity contribution < 1.29 is 19.4 Å². The fourth-order valence-corrected chi connectivity index (χ4v) is 1.15. The summed E-state index contributed by atoms with van der Waals surface area (Å²) < 4.78 is 4.48. The van der Waals surface area contributed by atoms with Crippen LogP contribution in [0.1, 0.15) is 20.3 Å². The molecule has 0 aliphatic heterocycles. The summed E-state index contributed by atoms with van der Waals surface area (Å²) in [6, 6.07) is 0. The fourth-order valence-electron chi connectivity index (χ4n) is 1.15. The predicted octanol–water partition coefficient (Wildman–Crippen LogP) is 0.0264. The number of methoxy groups -OCH3 is 1. The largest absolute Gasteiger partial charge is 0.469 e. The molecular weight excluding hydrogens is 198 g/mol.